The molecule has 4 nitrogen and oxygen atoms in total. The van der Waals surface area contributed by atoms with Gasteiger partial charge < -0.3 is 9.26 Å². The summed E-state index contributed by atoms with van der Waals surface area (Å²) in [6, 6.07) is 0. The van der Waals surface area contributed by atoms with E-state index in [1.54, 1.807) is 0 Å². The molecule has 1 fully saturated rings. The molecular formula is C21H27NO3. The lowest BCUT2D eigenvalue weighted by molar-refractivity contribution is -0.136. The van der Waals surface area contributed by atoms with Crippen LogP contribution in [0.3, 0.4) is 0 Å². The van der Waals surface area contributed by atoms with Crippen LogP contribution in [0, 0.1) is 16.7 Å². The molecular weight excluding hydrogens is 314 g/mol. The number of fused-ring (bicyclic) bond motifs is 4. The number of rotatable bonds is 1. The van der Waals surface area contributed by atoms with E-state index in [0.29, 0.717) is 12.3 Å². The second-order valence-corrected chi connectivity index (χ2v) is 8.99. The van der Waals surface area contributed by atoms with Crippen LogP contribution >= 0.6 is 0 Å². The minimum atomic E-state index is -0.200. The van der Waals surface area contributed by atoms with Crippen molar-refractivity contribution < 1.29 is 14.1 Å². The fraction of sp³-hybridized carbons (Fsp3) is 0.619. The van der Waals surface area contributed by atoms with Gasteiger partial charge in [-0.3, -0.25) is 0 Å². The lowest BCUT2D eigenvalue weighted by atomic mass is 9.45. The maximum absolute atomic E-state index is 12.0. The zero-order chi connectivity index (χ0) is 18.0. The SMILES string of the molecule is COC(=O)C1=CC2(C)CC[C@@H]3C(C)(Cc4cnoc4C3(C)C)C2=CC1. The Hall–Kier alpha value is -1.84. The molecule has 0 radical (unpaired) electrons. The van der Waals surface area contributed by atoms with Gasteiger partial charge in [0.15, 0.2) is 0 Å². The van der Waals surface area contributed by atoms with E-state index >= 15 is 0 Å². The first-order valence-corrected chi connectivity index (χ1v) is 9.17. The van der Waals surface area contributed by atoms with Crippen LogP contribution in [0.2, 0.25) is 0 Å². The highest BCUT2D eigenvalue weighted by atomic mass is 16.5. The third kappa shape index (κ3) is 2.12. The van der Waals surface area contributed by atoms with E-state index in [1.807, 2.05) is 6.20 Å². The van der Waals surface area contributed by atoms with E-state index < -0.39 is 0 Å². The van der Waals surface area contributed by atoms with Gasteiger partial charge in [-0.1, -0.05) is 50.6 Å². The third-order valence-corrected chi connectivity index (χ3v) is 7.08. The first-order valence-electron chi connectivity index (χ1n) is 9.17. The van der Waals surface area contributed by atoms with E-state index in [-0.39, 0.29) is 22.2 Å². The molecule has 1 saturated carbocycles. The predicted molar refractivity (Wildman–Crippen MR) is 95.0 cm³/mol. The molecule has 0 bridgehead atoms. The molecule has 1 heterocycles. The molecule has 3 aliphatic carbocycles. The molecule has 1 aromatic heterocycles. The van der Waals surface area contributed by atoms with Gasteiger partial charge in [0, 0.05) is 22.0 Å². The van der Waals surface area contributed by atoms with E-state index in [2.05, 4.69) is 45.0 Å². The molecule has 0 amide bonds. The van der Waals surface area contributed by atoms with Crippen molar-refractivity contribution in [2.24, 2.45) is 16.7 Å². The molecule has 1 aromatic rings. The van der Waals surface area contributed by atoms with Gasteiger partial charge in [0.2, 0.25) is 0 Å². The highest BCUT2D eigenvalue weighted by Crippen LogP contribution is 2.64. The fourth-order valence-electron chi connectivity index (χ4n) is 6.13. The summed E-state index contributed by atoms with van der Waals surface area (Å²) in [6.45, 7) is 9.26. The monoisotopic (exact) mass is 341 g/mol. The Morgan fingerprint density at radius 2 is 2.08 bits per heavy atom. The largest absolute Gasteiger partial charge is 0.466 e. The van der Waals surface area contributed by atoms with Crippen LogP contribution < -0.4 is 0 Å². The van der Waals surface area contributed by atoms with E-state index in [9.17, 15) is 4.79 Å². The Labute approximate surface area is 149 Å². The van der Waals surface area contributed by atoms with Crippen LogP contribution in [0.25, 0.3) is 0 Å². The molecule has 2 unspecified atom stereocenters. The number of allylic oxidation sites excluding steroid dienone is 3. The number of esters is 1. The first kappa shape index (κ1) is 16.6. The highest BCUT2D eigenvalue weighted by Gasteiger charge is 2.58. The van der Waals surface area contributed by atoms with Crippen LogP contribution in [0.15, 0.2) is 34.0 Å². The summed E-state index contributed by atoms with van der Waals surface area (Å²) in [5.41, 5.74) is 3.45. The van der Waals surface area contributed by atoms with Crippen molar-refractivity contribution in [1.82, 2.24) is 5.16 Å². The third-order valence-electron chi connectivity index (χ3n) is 7.08. The number of methoxy groups -OCH3 is 1. The van der Waals surface area contributed by atoms with Crippen molar-refractivity contribution in [3.63, 3.8) is 0 Å². The topological polar surface area (TPSA) is 52.3 Å². The second-order valence-electron chi connectivity index (χ2n) is 8.99. The average molecular weight is 341 g/mol. The number of carbonyl (C=O) groups excluding carboxylic acids is 1. The van der Waals surface area contributed by atoms with Gasteiger partial charge in [-0.15, -0.1) is 0 Å². The number of ether oxygens (including phenoxy) is 1. The fourth-order valence-corrected chi connectivity index (χ4v) is 6.13. The average Bonchev–Trinajstić information content (AvgIpc) is 3.01. The van der Waals surface area contributed by atoms with Crippen molar-refractivity contribution in [3.05, 3.63) is 40.8 Å². The summed E-state index contributed by atoms with van der Waals surface area (Å²) in [5.74, 6) is 1.36. The van der Waals surface area contributed by atoms with Gasteiger partial charge in [-0.25, -0.2) is 4.79 Å². The number of carbonyl (C=O) groups is 1. The Morgan fingerprint density at radius 1 is 1.32 bits per heavy atom. The summed E-state index contributed by atoms with van der Waals surface area (Å²) in [4.78, 5) is 12.0. The Morgan fingerprint density at radius 3 is 2.80 bits per heavy atom. The number of nitrogens with zero attached hydrogens (tertiary/aromatic N) is 1. The number of hydrogen-bond acceptors (Lipinski definition) is 4. The van der Waals surface area contributed by atoms with Crippen molar-refractivity contribution in [3.8, 4) is 0 Å². The molecule has 134 valence electrons. The minimum Gasteiger partial charge on any atom is -0.466 e. The van der Waals surface area contributed by atoms with Gasteiger partial charge >= 0.3 is 5.97 Å². The van der Waals surface area contributed by atoms with Crippen molar-refractivity contribution >= 4 is 5.97 Å². The maximum Gasteiger partial charge on any atom is 0.333 e. The zero-order valence-electron chi connectivity index (χ0n) is 15.8. The molecule has 0 aliphatic heterocycles. The second kappa shape index (κ2) is 5.09. The summed E-state index contributed by atoms with van der Waals surface area (Å²) < 4.78 is 10.6. The van der Waals surface area contributed by atoms with Crippen molar-refractivity contribution in [2.45, 2.75) is 58.8 Å². The van der Waals surface area contributed by atoms with Gasteiger partial charge in [-0.05, 0) is 37.0 Å². The van der Waals surface area contributed by atoms with Gasteiger partial charge in [0.1, 0.15) is 5.76 Å². The molecule has 3 atom stereocenters. The summed E-state index contributed by atoms with van der Waals surface area (Å²) >= 11 is 0. The smallest absolute Gasteiger partial charge is 0.333 e. The molecule has 0 saturated heterocycles. The molecule has 3 aliphatic rings. The Kier molecular flexibility index (Phi) is 3.38. The molecule has 4 heteroatoms. The van der Waals surface area contributed by atoms with E-state index in [1.165, 1.54) is 18.2 Å². The summed E-state index contributed by atoms with van der Waals surface area (Å²) in [6.07, 6.45) is 10.1. The molecule has 0 N–H and O–H groups in total. The Bertz CT molecular complexity index is 800. The maximum atomic E-state index is 12.0. The van der Waals surface area contributed by atoms with Crippen LogP contribution in [-0.2, 0) is 21.4 Å². The normalized spacial score (nSPS) is 35.6. The first-order chi connectivity index (χ1) is 11.7. The number of aromatic nitrogens is 1. The van der Waals surface area contributed by atoms with E-state index in [4.69, 9.17) is 9.26 Å². The molecule has 0 aromatic carbocycles. The van der Waals surface area contributed by atoms with Gasteiger partial charge in [0.25, 0.3) is 0 Å². The van der Waals surface area contributed by atoms with Crippen LogP contribution in [-0.4, -0.2) is 18.2 Å². The van der Waals surface area contributed by atoms with E-state index in [0.717, 1.165) is 30.6 Å². The van der Waals surface area contributed by atoms with Crippen molar-refractivity contribution in [1.29, 1.82) is 0 Å². The molecule has 25 heavy (non-hydrogen) atoms. The van der Waals surface area contributed by atoms with Crippen molar-refractivity contribution in [2.75, 3.05) is 7.11 Å². The molecule has 0 spiro atoms. The standard InChI is InChI=1S/C21H27NO3/c1-19(2)15-8-9-20(3)10-13(18(23)24-5)6-7-16(20)21(15,4)11-14-12-22-25-17(14)19/h7,10,12,15H,6,8-9,11H2,1-5H3/t15-,20?,21?/m0/s1. The summed E-state index contributed by atoms with van der Waals surface area (Å²) in [5, 5.41) is 4.09. The zero-order valence-corrected chi connectivity index (χ0v) is 15.8. The lowest BCUT2D eigenvalue weighted by Gasteiger charge is -2.58. The number of hydrogen-bond donors (Lipinski definition) is 0. The predicted octanol–water partition coefficient (Wildman–Crippen LogP) is 4.36. The van der Waals surface area contributed by atoms with Crippen LogP contribution in [0.1, 0.15) is 58.3 Å². The van der Waals surface area contributed by atoms with Crippen LogP contribution in [0.5, 0.6) is 0 Å². The quantitative estimate of drug-likeness (QED) is 0.562. The van der Waals surface area contributed by atoms with Gasteiger partial charge in [0.05, 0.1) is 13.3 Å². The highest BCUT2D eigenvalue weighted by molar-refractivity contribution is 5.89. The van der Waals surface area contributed by atoms with Crippen LogP contribution in [0.4, 0.5) is 0 Å². The minimum absolute atomic E-state index is 0.0344. The Balaban J connectivity index is 1.80. The molecule has 4 rings (SSSR count). The summed E-state index contributed by atoms with van der Waals surface area (Å²) in [7, 11) is 1.46. The lowest BCUT2D eigenvalue weighted by Crippen LogP contribution is -2.53. The van der Waals surface area contributed by atoms with Gasteiger partial charge in [-0.2, -0.15) is 0 Å².